The lowest BCUT2D eigenvalue weighted by Gasteiger charge is -2.16. The van der Waals surface area contributed by atoms with E-state index >= 15 is 0 Å². The number of carbonyl (C=O) groups is 1. The Hall–Kier alpha value is -3.07. The molecule has 0 aromatic heterocycles. The van der Waals surface area contributed by atoms with Gasteiger partial charge in [-0.05, 0) is 30.3 Å². The second-order valence-corrected chi connectivity index (χ2v) is 6.29. The first-order chi connectivity index (χ1) is 13.9. The summed E-state index contributed by atoms with van der Waals surface area (Å²) < 4.78 is 44.8. The summed E-state index contributed by atoms with van der Waals surface area (Å²) >= 11 is 0. The first-order valence-electron chi connectivity index (χ1n) is 8.81. The van der Waals surface area contributed by atoms with E-state index in [4.69, 9.17) is 14.2 Å². The monoisotopic (exact) mass is 411 g/mol. The van der Waals surface area contributed by atoms with E-state index in [-0.39, 0.29) is 24.0 Å². The number of anilines is 1. The molecule has 0 bridgehead atoms. The van der Waals surface area contributed by atoms with Crippen molar-refractivity contribution in [2.24, 2.45) is 0 Å². The molecule has 2 aromatic rings. The molecule has 0 aliphatic rings. The van der Waals surface area contributed by atoms with Gasteiger partial charge in [0.1, 0.15) is 18.0 Å². The minimum Gasteiger partial charge on any atom is -0.497 e. The average Bonchev–Trinajstić information content (AvgIpc) is 2.68. The highest BCUT2D eigenvalue weighted by molar-refractivity contribution is 5.93. The summed E-state index contributed by atoms with van der Waals surface area (Å²) in [5.41, 5.74) is 1.36. The number of hydrogen-bond donors (Lipinski definition) is 2. The Bertz CT molecular complexity index is 833. The van der Waals surface area contributed by atoms with Crippen LogP contribution in [0.15, 0.2) is 36.4 Å². The molecule has 1 atom stereocenters. The van der Waals surface area contributed by atoms with Gasteiger partial charge in [0.25, 0.3) is 5.91 Å². The minimum atomic E-state index is -2.93. The number of amides is 1. The van der Waals surface area contributed by atoms with Gasteiger partial charge in [-0.3, -0.25) is 4.79 Å². The number of carbonyl (C=O) groups excluding carboxylic acids is 1. The first-order valence-corrected chi connectivity index (χ1v) is 8.81. The quantitative estimate of drug-likeness (QED) is 0.626. The lowest BCUT2D eigenvalue weighted by molar-refractivity contribution is -0.885. The number of benzene rings is 2. The Labute approximate surface area is 168 Å². The van der Waals surface area contributed by atoms with Gasteiger partial charge in [0.15, 0.2) is 18.0 Å². The molecule has 0 radical (unpaired) electrons. The summed E-state index contributed by atoms with van der Waals surface area (Å²) in [6.45, 7) is -2.26. The van der Waals surface area contributed by atoms with Crippen molar-refractivity contribution in [3.8, 4) is 23.0 Å². The fourth-order valence-electron chi connectivity index (χ4n) is 2.80. The van der Waals surface area contributed by atoms with E-state index in [0.717, 1.165) is 10.5 Å². The summed E-state index contributed by atoms with van der Waals surface area (Å²) in [6.07, 6.45) is 0. The molecule has 1 amide bonds. The van der Waals surface area contributed by atoms with Crippen molar-refractivity contribution in [3.05, 3.63) is 42.0 Å². The Morgan fingerprint density at radius 1 is 1.00 bits per heavy atom. The van der Waals surface area contributed by atoms with Gasteiger partial charge in [-0.15, -0.1) is 0 Å². The van der Waals surface area contributed by atoms with Crippen molar-refractivity contribution in [1.29, 1.82) is 0 Å². The number of quaternary nitrogens is 1. The lowest BCUT2D eigenvalue weighted by atomic mass is 10.2. The summed E-state index contributed by atoms with van der Waals surface area (Å²) in [6, 6.07) is 9.82. The van der Waals surface area contributed by atoms with Crippen LogP contribution in [0.1, 0.15) is 5.56 Å². The SMILES string of the molecule is COc1ccc(NC(=O)C[NH+](C)Cc2ccc(OC(F)F)c(OC)c2)c(OC)c1. The maximum atomic E-state index is 12.4. The van der Waals surface area contributed by atoms with Crippen LogP contribution in [-0.4, -0.2) is 47.4 Å². The highest BCUT2D eigenvalue weighted by Gasteiger charge is 2.16. The van der Waals surface area contributed by atoms with Gasteiger partial charge in [0.2, 0.25) is 0 Å². The van der Waals surface area contributed by atoms with E-state index in [2.05, 4.69) is 10.1 Å². The number of nitrogens with one attached hydrogen (secondary N) is 2. The summed E-state index contributed by atoms with van der Waals surface area (Å²) in [5, 5.41) is 2.81. The van der Waals surface area contributed by atoms with Gasteiger partial charge in [-0.2, -0.15) is 8.78 Å². The Balaban J connectivity index is 1.98. The molecule has 0 aliphatic carbocycles. The number of ether oxygens (including phenoxy) is 4. The smallest absolute Gasteiger partial charge is 0.387 e. The lowest BCUT2D eigenvalue weighted by Crippen LogP contribution is -3.08. The van der Waals surface area contributed by atoms with Gasteiger partial charge in [-0.1, -0.05) is 0 Å². The Morgan fingerprint density at radius 2 is 1.72 bits per heavy atom. The normalized spacial score (nSPS) is 11.7. The van der Waals surface area contributed by atoms with E-state index in [1.807, 2.05) is 7.05 Å². The number of rotatable bonds is 10. The average molecular weight is 411 g/mol. The van der Waals surface area contributed by atoms with Crippen molar-refractivity contribution >= 4 is 11.6 Å². The molecule has 0 spiro atoms. The van der Waals surface area contributed by atoms with Crippen LogP contribution in [0.4, 0.5) is 14.5 Å². The predicted octanol–water partition coefficient (Wildman–Crippen LogP) is 1.97. The molecule has 9 heteroatoms. The molecule has 7 nitrogen and oxygen atoms in total. The van der Waals surface area contributed by atoms with Crippen molar-refractivity contribution in [2.45, 2.75) is 13.2 Å². The Kier molecular flexibility index (Phi) is 8.02. The molecule has 0 aliphatic heterocycles. The maximum Gasteiger partial charge on any atom is 0.387 e. The van der Waals surface area contributed by atoms with Crippen LogP contribution in [0.3, 0.4) is 0 Å². The predicted molar refractivity (Wildman–Crippen MR) is 103 cm³/mol. The zero-order valence-electron chi connectivity index (χ0n) is 16.8. The molecule has 2 rings (SSSR count). The topological polar surface area (TPSA) is 70.5 Å². The summed E-state index contributed by atoms with van der Waals surface area (Å²) in [4.78, 5) is 13.3. The molecule has 0 fully saturated rings. The van der Waals surface area contributed by atoms with Crippen molar-refractivity contribution in [2.75, 3.05) is 40.2 Å². The van der Waals surface area contributed by atoms with Crippen molar-refractivity contribution in [3.63, 3.8) is 0 Å². The first kappa shape index (κ1) is 22.2. The standard InChI is InChI=1S/C20H24F2N2O5/c1-24(11-13-5-8-16(29-20(21)22)18(9-13)28-4)12-19(25)23-15-7-6-14(26-2)10-17(15)27-3/h5-10,20H,11-12H2,1-4H3,(H,23,25)/p+1. The fourth-order valence-corrected chi connectivity index (χ4v) is 2.80. The summed E-state index contributed by atoms with van der Waals surface area (Å²) in [5.74, 6) is 1.09. The molecular formula is C20H25F2N2O5+. The van der Waals surface area contributed by atoms with Crippen molar-refractivity contribution in [1.82, 2.24) is 0 Å². The van der Waals surface area contributed by atoms with Crippen LogP contribution in [-0.2, 0) is 11.3 Å². The third kappa shape index (κ3) is 6.49. The third-order valence-corrected chi connectivity index (χ3v) is 4.10. The van der Waals surface area contributed by atoms with Crippen LogP contribution in [0.5, 0.6) is 23.0 Å². The minimum absolute atomic E-state index is 0.0340. The number of alkyl halides is 2. The molecule has 1 unspecified atom stereocenters. The number of likely N-dealkylation sites (N-methyl/N-ethyl adjacent to an activating group) is 1. The van der Waals surface area contributed by atoms with E-state index in [9.17, 15) is 13.6 Å². The van der Waals surface area contributed by atoms with Gasteiger partial charge in [0.05, 0.1) is 34.1 Å². The van der Waals surface area contributed by atoms with Gasteiger partial charge < -0.3 is 29.2 Å². The number of hydrogen-bond acceptors (Lipinski definition) is 5. The second-order valence-electron chi connectivity index (χ2n) is 6.29. The summed E-state index contributed by atoms with van der Waals surface area (Å²) in [7, 11) is 6.29. The zero-order chi connectivity index (χ0) is 21.4. The van der Waals surface area contributed by atoms with Crippen molar-refractivity contribution < 1.29 is 37.4 Å². The largest absolute Gasteiger partial charge is 0.497 e. The van der Waals surface area contributed by atoms with E-state index in [1.54, 1.807) is 37.4 Å². The van der Waals surface area contributed by atoms with Gasteiger partial charge in [0, 0.05) is 11.6 Å². The second kappa shape index (κ2) is 10.5. The zero-order valence-corrected chi connectivity index (χ0v) is 16.8. The molecule has 0 saturated carbocycles. The van der Waals surface area contributed by atoms with Crippen LogP contribution in [0, 0.1) is 0 Å². The Morgan fingerprint density at radius 3 is 2.34 bits per heavy atom. The van der Waals surface area contributed by atoms with E-state index < -0.39 is 6.61 Å². The molecule has 2 N–H and O–H groups in total. The highest BCUT2D eigenvalue weighted by atomic mass is 19.3. The van der Waals surface area contributed by atoms with Crippen LogP contribution in [0.2, 0.25) is 0 Å². The van der Waals surface area contributed by atoms with Gasteiger partial charge >= 0.3 is 6.61 Å². The van der Waals surface area contributed by atoms with E-state index in [1.165, 1.54) is 20.3 Å². The van der Waals surface area contributed by atoms with Crippen LogP contribution >= 0.6 is 0 Å². The number of methoxy groups -OCH3 is 3. The molecule has 158 valence electrons. The highest BCUT2D eigenvalue weighted by Crippen LogP contribution is 2.30. The molecular weight excluding hydrogens is 386 g/mol. The molecule has 0 heterocycles. The van der Waals surface area contributed by atoms with E-state index in [0.29, 0.717) is 23.7 Å². The fraction of sp³-hybridized carbons (Fsp3) is 0.350. The third-order valence-electron chi connectivity index (χ3n) is 4.10. The van der Waals surface area contributed by atoms with Crippen LogP contribution < -0.4 is 29.2 Å². The van der Waals surface area contributed by atoms with Crippen LogP contribution in [0.25, 0.3) is 0 Å². The maximum absolute atomic E-state index is 12.4. The number of halogens is 2. The molecule has 2 aromatic carbocycles. The molecule has 0 saturated heterocycles. The molecule has 29 heavy (non-hydrogen) atoms. The van der Waals surface area contributed by atoms with Gasteiger partial charge in [-0.25, -0.2) is 0 Å².